The largest absolute Gasteiger partial charge is 0.507 e. The van der Waals surface area contributed by atoms with Gasteiger partial charge in [-0.15, -0.1) is 12.4 Å². The van der Waals surface area contributed by atoms with E-state index in [0.29, 0.717) is 23.0 Å². The molecule has 1 fully saturated rings. The summed E-state index contributed by atoms with van der Waals surface area (Å²) in [6.07, 6.45) is 2.02. The molecule has 4 N–H and O–H groups in total. The van der Waals surface area contributed by atoms with Gasteiger partial charge in [-0.2, -0.15) is 0 Å². The molecule has 0 unspecified atom stereocenters. The van der Waals surface area contributed by atoms with Crippen LogP contribution in [0, 0.1) is 5.92 Å². The van der Waals surface area contributed by atoms with Gasteiger partial charge in [0.15, 0.2) is 0 Å². The number of nitrogens with two attached hydrogens (primary N) is 1. The molecule has 0 spiro atoms. The molecule has 1 heterocycles. The molecular weight excluding hydrogens is 280 g/mol. The van der Waals surface area contributed by atoms with E-state index in [-0.39, 0.29) is 24.2 Å². The van der Waals surface area contributed by atoms with E-state index in [9.17, 15) is 5.11 Å². The average molecular weight is 303 g/mol. The van der Waals surface area contributed by atoms with Crippen LogP contribution in [0.15, 0.2) is 12.1 Å². The van der Waals surface area contributed by atoms with Crippen LogP contribution in [0.4, 0.5) is 0 Å². The molecule has 1 aromatic carbocycles. The molecule has 2 rings (SSSR count). The minimum absolute atomic E-state index is 0. The van der Waals surface area contributed by atoms with E-state index in [4.69, 9.17) is 15.2 Å². The number of hydrogen-bond donors (Lipinski definition) is 3. The summed E-state index contributed by atoms with van der Waals surface area (Å²) < 4.78 is 10.5. The lowest BCUT2D eigenvalue weighted by atomic mass is 9.85. The van der Waals surface area contributed by atoms with Gasteiger partial charge in [-0.25, -0.2) is 0 Å². The molecule has 0 aromatic heterocycles. The highest BCUT2D eigenvalue weighted by Crippen LogP contribution is 2.40. The van der Waals surface area contributed by atoms with Gasteiger partial charge in [0.2, 0.25) is 0 Å². The third kappa shape index (κ3) is 3.48. The van der Waals surface area contributed by atoms with E-state index in [1.54, 1.807) is 26.4 Å². The fourth-order valence-electron chi connectivity index (χ4n) is 2.65. The lowest BCUT2D eigenvalue weighted by molar-refractivity contribution is 0.304. The van der Waals surface area contributed by atoms with Crippen LogP contribution in [0.1, 0.15) is 24.4 Å². The van der Waals surface area contributed by atoms with Crippen LogP contribution in [-0.4, -0.2) is 32.4 Å². The summed E-state index contributed by atoms with van der Waals surface area (Å²) in [5.41, 5.74) is 7.01. The first-order chi connectivity index (χ1) is 9.17. The summed E-state index contributed by atoms with van der Waals surface area (Å²) in [6.45, 7) is 1.94. The molecule has 0 radical (unpaired) electrons. The second kappa shape index (κ2) is 7.57. The van der Waals surface area contributed by atoms with Gasteiger partial charge in [0.1, 0.15) is 17.2 Å². The van der Waals surface area contributed by atoms with Gasteiger partial charge in [0, 0.05) is 18.2 Å². The average Bonchev–Trinajstić information content (AvgIpc) is 2.46. The number of methoxy groups -OCH3 is 2. The van der Waals surface area contributed by atoms with Crippen LogP contribution in [0.3, 0.4) is 0 Å². The molecule has 1 aliphatic rings. The number of aromatic hydroxyl groups is 1. The van der Waals surface area contributed by atoms with Gasteiger partial charge in [-0.3, -0.25) is 0 Å². The molecular formula is C14H23ClN2O3. The highest BCUT2D eigenvalue weighted by molar-refractivity contribution is 5.85. The Balaban J connectivity index is 0.00000200. The monoisotopic (exact) mass is 302 g/mol. The van der Waals surface area contributed by atoms with E-state index in [1.807, 2.05) is 0 Å². The van der Waals surface area contributed by atoms with Crippen molar-refractivity contribution in [2.24, 2.45) is 11.7 Å². The Labute approximate surface area is 125 Å². The number of rotatable bonds is 4. The van der Waals surface area contributed by atoms with Crippen LogP contribution >= 0.6 is 12.4 Å². The molecule has 1 aromatic rings. The summed E-state index contributed by atoms with van der Waals surface area (Å²) >= 11 is 0. The Morgan fingerprint density at radius 3 is 2.45 bits per heavy atom. The van der Waals surface area contributed by atoms with Gasteiger partial charge >= 0.3 is 0 Å². The molecule has 1 atom stereocenters. The number of hydrogen-bond acceptors (Lipinski definition) is 5. The molecule has 1 aliphatic heterocycles. The number of phenols is 1. The molecule has 1 saturated heterocycles. The third-order valence-corrected chi connectivity index (χ3v) is 3.77. The quantitative estimate of drug-likeness (QED) is 0.791. The number of benzene rings is 1. The van der Waals surface area contributed by atoms with Crippen LogP contribution < -0.4 is 20.5 Å². The highest BCUT2D eigenvalue weighted by atomic mass is 35.5. The zero-order valence-corrected chi connectivity index (χ0v) is 12.7. The first kappa shape index (κ1) is 16.9. The summed E-state index contributed by atoms with van der Waals surface area (Å²) in [5, 5.41) is 13.5. The molecule has 20 heavy (non-hydrogen) atoms. The van der Waals surface area contributed by atoms with Crippen molar-refractivity contribution in [1.82, 2.24) is 5.32 Å². The van der Waals surface area contributed by atoms with E-state index in [2.05, 4.69) is 5.32 Å². The predicted octanol–water partition coefficient (Wildman–Crippen LogP) is 1.83. The topological polar surface area (TPSA) is 76.7 Å². The maximum absolute atomic E-state index is 10.2. The van der Waals surface area contributed by atoms with E-state index in [0.717, 1.165) is 25.9 Å². The van der Waals surface area contributed by atoms with Crippen molar-refractivity contribution < 1.29 is 14.6 Å². The predicted molar refractivity (Wildman–Crippen MR) is 81.0 cm³/mol. The SMILES string of the molecule is COc1cc(O)c([C@H](N)C2CCNCC2)c(OC)c1.Cl. The van der Waals surface area contributed by atoms with Gasteiger partial charge in [0.25, 0.3) is 0 Å². The molecule has 114 valence electrons. The van der Waals surface area contributed by atoms with Crippen LogP contribution in [-0.2, 0) is 0 Å². The lowest BCUT2D eigenvalue weighted by Crippen LogP contribution is -2.34. The zero-order valence-electron chi connectivity index (χ0n) is 11.9. The standard InChI is InChI=1S/C14H22N2O3.ClH/c1-18-10-7-11(17)13(12(8-10)19-2)14(15)9-3-5-16-6-4-9;/h7-9,14,16-17H,3-6,15H2,1-2H3;1H/t14-;/m1./s1. The number of phenolic OH excluding ortho intramolecular Hbond substituents is 1. The molecule has 0 saturated carbocycles. The molecule has 0 bridgehead atoms. The number of piperidine rings is 1. The molecule has 5 nitrogen and oxygen atoms in total. The van der Waals surface area contributed by atoms with Crippen LogP contribution in [0.2, 0.25) is 0 Å². The number of ether oxygens (including phenoxy) is 2. The maximum atomic E-state index is 10.2. The van der Waals surface area contributed by atoms with Crippen molar-refractivity contribution in [3.05, 3.63) is 17.7 Å². The Morgan fingerprint density at radius 2 is 1.90 bits per heavy atom. The minimum atomic E-state index is -0.219. The van der Waals surface area contributed by atoms with Crippen molar-refractivity contribution in [3.63, 3.8) is 0 Å². The zero-order chi connectivity index (χ0) is 13.8. The van der Waals surface area contributed by atoms with Gasteiger partial charge in [-0.05, 0) is 31.8 Å². The van der Waals surface area contributed by atoms with E-state index >= 15 is 0 Å². The van der Waals surface area contributed by atoms with Crippen molar-refractivity contribution in [1.29, 1.82) is 0 Å². The van der Waals surface area contributed by atoms with E-state index < -0.39 is 0 Å². The van der Waals surface area contributed by atoms with Crippen molar-refractivity contribution in [2.75, 3.05) is 27.3 Å². The third-order valence-electron chi connectivity index (χ3n) is 3.77. The van der Waals surface area contributed by atoms with Crippen molar-refractivity contribution in [3.8, 4) is 17.2 Å². The number of nitrogens with one attached hydrogen (secondary N) is 1. The Morgan fingerprint density at radius 1 is 1.25 bits per heavy atom. The van der Waals surface area contributed by atoms with Crippen molar-refractivity contribution in [2.45, 2.75) is 18.9 Å². The van der Waals surface area contributed by atoms with Gasteiger partial charge < -0.3 is 25.6 Å². The second-order valence-electron chi connectivity index (χ2n) is 4.88. The summed E-state index contributed by atoms with van der Waals surface area (Å²) in [6, 6.07) is 3.12. The van der Waals surface area contributed by atoms with E-state index in [1.165, 1.54) is 0 Å². The fourth-order valence-corrected chi connectivity index (χ4v) is 2.65. The Hall–Kier alpha value is -1.17. The summed E-state index contributed by atoms with van der Waals surface area (Å²) in [7, 11) is 3.13. The molecule has 0 amide bonds. The minimum Gasteiger partial charge on any atom is -0.507 e. The maximum Gasteiger partial charge on any atom is 0.131 e. The normalized spacial score (nSPS) is 17.1. The molecule has 0 aliphatic carbocycles. The summed E-state index contributed by atoms with van der Waals surface area (Å²) in [5.74, 6) is 1.65. The van der Waals surface area contributed by atoms with Gasteiger partial charge in [0.05, 0.1) is 19.8 Å². The smallest absolute Gasteiger partial charge is 0.131 e. The van der Waals surface area contributed by atoms with Crippen LogP contribution in [0.5, 0.6) is 17.2 Å². The fraction of sp³-hybridized carbons (Fsp3) is 0.571. The molecule has 6 heteroatoms. The second-order valence-corrected chi connectivity index (χ2v) is 4.88. The lowest BCUT2D eigenvalue weighted by Gasteiger charge is -2.29. The van der Waals surface area contributed by atoms with Crippen molar-refractivity contribution >= 4 is 12.4 Å². The Bertz CT molecular complexity index is 437. The highest BCUT2D eigenvalue weighted by Gasteiger charge is 2.27. The summed E-state index contributed by atoms with van der Waals surface area (Å²) in [4.78, 5) is 0. The van der Waals surface area contributed by atoms with Crippen LogP contribution in [0.25, 0.3) is 0 Å². The number of halogens is 1. The van der Waals surface area contributed by atoms with Gasteiger partial charge in [-0.1, -0.05) is 0 Å². The first-order valence-corrected chi connectivity index (χ1v) is 6.58. The first-order valence-electron chi connectivity index (χ1n) is 6.58. The Kier molecular flexibility index (Phi) is 6.39.